The summed E-state index contributed by atoms with van der Waals surface area (Å²) in [5.74, 6) is -1.18. The quantitative estimate of drug-likeness (QED) is 0.173. The van der Waals surface area contributed by atoms with E-state index in [2.05, 4.69) is 25.2 Å². The van der Waals surface area contributed by atoms with Crippen LogP contribution in [-0.4, -0.2) is 48.7 Å². The highest BCUT2D eigenvalue weighted by Crippen LogP contribution is 2.33. The average molecular weight is 573 g/mol. The van der Waals surface area contributed by atoms with Crippen molar-refractivity contribution in [3.05, 3.63) is 59.2 Å². The monoisotopic (exact) mass is 572 g/mol. The smallest absolute Gasteiger partial charge is 0.433 e. The van der Waals surface area contributed by atoms with Crippen molar-refractivity contribution in [1.29, 1.82) is 0 Å². The minimum Gasteiger partial charge on any atom is -0.481 e. The number of halogens is 3. The van der Waals surface area contributed by atoms with Crippen LogP contribution in [0.5, 0.6) is 5.88 Å². The number of nitrogens with zero attached hydrogens (tertiary/aromatic N) is 6. The Morgan fingerprint density at radius 2 is 1.93 bits per heavy atom. The lowest BCUT2D eigenvalue weighted by Gasteiger charge is -2.15. The molecule has 0 aliphatic heterocycles. The Hall–Kier alpha value is -4.42. The van der Waals surface area contributed by atoms with Crippen LogP contribution in [-0.2, 0) is 24.0 Å². The summed E-state index contributed by atoms with van der Waals surface area (Å²) in [7, 11) is 0. The highest BCUT2D eigenvalue weighted by atomic mass is 19.4. The third kappa shape index (κ3) is 7.83. The first-order chi connectivity index (χ1) is 19.3. The molecule has 3 aromatic heterocycles. The van der Waals surface area contributed by atoms with E-state index < -0.39 is 29.8 Å². The van der Waals surface area contributed by atoms with Gasteiger partial charge in [0.2, 0.25) is 5.88 Å². The predicted octanol–water partition coefficient (Wildman–Crippen LogP) is 5.86. The van der Waals surface area contributed by atoms with Gasteiger partial charge in [-0.15, -0.1) is 10.2 Å². The maximum Gasteiger partial charge on any atom is 0.433 e. The summed E-state index contributed by atoms with van der Waals surface area (Å²) >= 11 is 0. The number of Topliss-reactive ketones (excluding diaryl/α,β-unsaturated/α-hetero) is 1. The maximum absolute atomic E-state index is 13.4. The molecule has 0 aliphatic carbocycles. The molecule has 0 aromatic carbocycles. The molecule has 0 fully saturated rings. The van der Waals surface area contributed by atoms with Crippen LogP contribution in [0.4, 0.5) is 13.2 Å². The van der Waals surface area contributed by atoms with Crippen LogP contribution in [0.15, 0.2) is 46.5 Å². The minimum absolute atomic E-state index is 0.0296. The fourth-order valence-corrected chi connectivity index (χ4v) is 4.12. The summed E-state index contributed by atoms with van der Waals surface area (Å²) in [5, 5.41) is 18.2. The fourth-order valence-electron chi connectivity index (χ4n) is 4.12. The summed E-state index contributed by atoms with van der Waals surface area (Å²) in [6, 6.07) is 4.56. The molecule has 1 unspecified atom stereocenters. The normalized spacial score (nSPS) is 13.5. The molecule has 0 bridgehead atoms. The van der Waals surface area contributed by atoms with Gasteiger partial charge in [-0.2, -0.15) is 13.2 Å². The van der Waals surface area contributed by atoms with Crippen molar-refractivity contribution < 1.29 is 32.6 Å². The second-order valence-electron chi connectivity index (χ2n) is 9.47. The van der Waals surface area contributed by atoms with E-state index in [1.165, 1.54) is 18.2 Å². The zero-order valence-corrected chi connectivity index (χ0v) is 23.3. The number of amidine groups is 1. The summed E-state index contributed by atoms with van der Waals surface area (Å²) < 4.78 is 46.5. The zero-order valence-electron chi connectivity index (χ0n) is 23.3. The van der Waals surface area contributed by atoms with Gasteiger partial charge < -0.3 is 14.4 Å². The van der Waals surface area contributed by atoms with Crippen LogP contribution in [0.25, 0.3) is 11.0 Å². The van der Waals surface area contributed by atoms with Crippen molar-refractivity contribution in [3.8, 4) is 5.88 Å². The molecule has 3 rings (SSSR count). The average Bonchev–Trinajstić information content (AvgIpc) is 3.23. The number of carboxylic acids is 1. The molecule has 41 heavy (non-hydrogen) atoms. The van der Waals surface area contributed by atoms with Gasteiger partial charge in [0.1, 0.15) is 18.1 Å². The Kier molecular flexibility index (Phi) is 10.1. The van der Waals surface area contributed by atoms with E-state index in [0.717, 1.165) is 6.07 Å². The standard InChI is InChI=1S/C28H31F3N6O4/c1-6-32-18(5)33-13-12-17(4)37-21(10-11-24(38)39)25(26(40)16(2)3)20-14-23(35-36-27(20)37)41-15-19-8-7-9-22(34-19)28(29,30)31/h6-9,12-14,16-17H,10-11,15H2,1-5H3,(H,38,39)/b13-12+,32-6-,33-18-. The number of allylic oxidation sites excluding steroid dienone is 1. The number of ketones is 1. The molecule has 3 aromatic rings. The van der Waals surface area contributed by atoms with Gasteiger partial charge >= 0.3 is 12.1 Å². The summed E-state index contributed by atoms with van der Waals surface area (Å²) in [5.41, 5.74) is 0.0682. The van der Waals surface area contributed by atoms with E-state index in [1.54, 1.807) is 50.8 Å². The van der Waals surface area contributed by atoms with Gasteiger partial charge in [0, 0.05) is 41.0 Å². The van der Waals surface area contributed by atoms with Gasteiger partial charge in [-0.25, -0.2) is 15.0 Å². The number of ether oxygens (including phenoxy) is 1. The molecule has 13 heteroatoms. The second-order valence-corrected chi connectivity index (χ2v) is 9.47. The van der Waals surface area contributed by atoms with Gasteiger partial charge in [-0.1, -0.05) is 19.9 Å². The van der Waals surface area contributed by atoms with Crippen LogP contribution in [0.3, 0.4) is 0 Å². The number of aromatic nitrogens is 4. The molecule has 0 amide bonds. The number of carbonyl (C=O) groups is 2. The van der Waals surface area contributed by atoms with E-state index >= 15 is 0 Å². The van der Waals surface area contributed by atoms with Crippen molar-refractivity contribution in [2.24, 2.45) is 15.9 Å². The van der Waals surface area contributed by atoms with Crippen molar-refractivity contribution in [1.82, 2.24) is 19.7 Å². The van der Waals surface area contributed by atoms with Crippen LogP contribution >= 0.6 is 0 Å². The Morgan fingerprint density at radius 3 is 2.56 bits per heavy atom. The molecular weight excluding hydrogens is 541 g/mol. The number of rotatable bonds is 11. The van der Waals surface area contributed by atoms with Gasteiger partial charge in [0.05, 0.1) is 18.2 Å². The molecule has 0 saturated carbocycles. The third-order valence-electron chi connectivity index (χ3n) is 5.99. The Bertz CT molecular complexity index is 1510. The van der Waals surface area contributed by atoms with E-state index in [9.17, 15) is 27.9 Å². The molecule has 0 spiro atoms. The lowest BCUT2D eigenvalue weighted by Crippen LogP contribution is -2.14. The Labute approximate surface area is 234 Å². The molecule has 1 atom stereocenters. The largest absolute Gasteiger partial charge is 0.481 e. The number of alkyl halides is 3. The molecule has 0 saturated heterocycles. The lowest BCUT2D eigenvalue weighted by molar-refractivity contribution is -0.141. The first-order valence-corrected chi connectivity index (χ1v) is 12.9. The molecular formula is C28H31F3N6O4. The molecule has 3 heterocycles. The second kappa shape index (κ2) is 13.3. The van der Waals surface area contributed by atoms with Crippen LogP contribution < -0.4 is 4.74 Å². The number of carboxylic acid groups (broad SMARTS) is 1. The number of aliphatic imine (C=N–C) groups is 2. The van der Waals surface area contributed by atoms with Crippen LogP contribution in [0.1, 0.15) is 74.5 Å². The third-order valence-corrected chi connectivity index (χ3v) is 5.99. The first kappa shape index (κ1) is 31.1. The van der Waals surface area contributed by atoms with Gasteiger partial charge in [-0.3, -0.25) is 9.59 Å². The number of aliphatic carboxylic acids is 1. The van der Waals surface area contributed by atoms with Crippen LogP contribution in [0.2, 0.25) is 0 Å². The fraction of sp³-hybridized carbons (Fsp3) is 0.393. The minimum atomic E-state index is -4.60. The number of hydrogen-bond acceptors (Lipinski definition) is 7. The SMILES string of the molecule is C\C=N/C(C)=N\C=C\C(C)n1c(CCC(=O)O)c(C(=O)C(C)C)c2cc(OCc3cccc(C(F)(F)F)n3)nnc21. The van der Waals surface area contributed by atoms with Crippen molar-refractivity contribution in [2.75, 3.05) is 0 Å². The molecule has 218 valence electrons. The number of hydrogen-bond donors (Lipinski definition) is 1. The van der Waals surface area contributed by atoms with Gasteiger partial charge in [-0.05, 0) is 45.4 Å². The molecule has 0 aliphatic rings. The van der Waals surface area contributed by atoms with Crippen molar-refractivity contribution in [2.45, 2.75) is 66.3 Å². The zero-order chi connectivity index (χ0) is 30.3. The summed E-state index contributed by atoms with van der Waals surface area (Å²) in [4.78, 5) is 36.8. The van der Waals surface area contributed by atoms with E-state index in [4.69, 9.17) is 4.74 Å². The Balaban J connectivity index is 2.10. The predicted molar refractivity (Wildman–Crippen MR) is 147 cm³/mol. The van der Waals surface area contributed by atoms with Gasteiger partial charge in [0.25, 0.3) is 0 Å². The summed E-state index contributed by atoms with van der Waals surface area (Å²) in [6.45, 7) is 8.48. The Morgan fingerprint density at radius 1 is 1.20 bits per heavy atom. The van der Waals surface area contributed by atoms with E-state index in [0.29, 0.717) is 28.1 Å². The highest BCUT2D eigenvalue weighted by molar-refractivity contribution is 6.10. The van der Waals surface area contributed by atoms with Gasteiger partial charge in [0.15, 0.2) is 11.4 Å². The molecule has 0 radical (unpaired) electrons. The number of fused-ring (bicyclic) bond motifs is 1. The van der Waals surface area contributed by atoms with E-state index in [-0.39, 0.29) is 36.8 Å². The van der Waals surface area contributed by atoms with Crippen molar-refractivity contribution in [3.63, 3.8) is 0 Å². The van der Waals surface area contributed by atoms with Crippen LogP contribution in [0, 0.1) is 5.92 Å². The topological polar surface area (TPSA) is 132 Å². The molecule has 10 nitrogen and oxygen atoms in total. The number of carbonyl (C=O) groups excluding carboxylic acids is 1. The first-order valence-electron chi connectivity index (χ1n) is 12.9. The van der Waals surface area contributed by atoms with E-state index in [1.807, 2.05) is 6.92 Å². The summed E-state index contributed by atoms with van der Waals surface area (Å²) in [6.07, 6.45) is 0.149. The maximum atomic E-state index is 13.4. The highest BCUT2D eigenvalue weighted by Gasteiger charge is 2.32. The number of pyridine rings is 1. The van der Waals surface area contributed by atoms with Crippen molar-refractivity contribution >= 4 is 34.8 Å². The molecule has 1 N–H and O–H groups in total. The lowest BCUT2D eigenvalue weighted by atomic mass is 9.97.